The van der Waals surface area contributed by atoms with Crippen LogP contribution in [-0.2, 0) is 6.54 Å². The van der Waals surface area contributed by atoms with Crippen LogP contribution in [0, 0.1) is 12.7 Å². The van der Waals surface area contributed by atoms with Gasteiger partial charge in [0, 0.05) is 18.2 Å². The first-order valence-corrected chi connectivity index (χ1v) is 8.71. The Morgan fingerprint density at radius 2 is 1.78 bits per heavy atom. The number of nitrogens with zero attached hydrogens (tertiary/aromatic N) is 2. The van der Waals surface area contributed by atoms with Crippen LogP contribution in [0.4, 0.5) is 10.2 Å². The number of aromatic nitrogens is 2. The zero-order valence-electron chi connectivity index (χ0n) is 15.2. The van der Waals surface area contributed by atoms with Gasteiger partial charge in [-0.05, 0) is 25.5 Å². The summed E-state index contributed by atoms with van der Waals surface area (Å²) in [5.74, 6) is 0.366. The van der Waals surface area contributed by atoms with Gasteiger partial charge in [-0.3, -0.25) is 4.79 Å². The molecule has 3 rings (SSSR count). The highest BCUT2D eigenvalue weighted by Gasteiger charge is 2.14. The van der Waals surface area contributed by atoms with Crippen molar-refractivity contribution in [2.24, 2.45) is 0 Å². The lowest BCUT2D eigenvalue weighted by Gasteiger charge is -2.15. The number of amides is 1. The van der Waals surface area contributed by atoms with Crippen molar-refractivity contribution in [3.05, 3.63) is 89.1 Å². The number of rotatable bonds is 6. The molecule has 2 aromatic carbocycles. The number of anilines is 1. The SMILES string of the molecule is Cc1nc(NCc2ccccc2F)cc(C(=O)NC(C)c2ccccc2)n1. The van der Waals surface area contributed by atoms with Gasteiger partial charge in [-0.1, -0.05) is 48.5 Å². The lowest BCUT2D eigenvalue weighted by atomic mass is 10.1. The first-order valence-electron chi connectivity index (χ1n) is 8.71. The molecule has 1 amide bonds. The van der Waals surface area contributed by atoms with Gasteiger partial charge < -0.3 is 10.6 Å². The number of hydrogen-bond donors (Lipinski definition) is 2. The van der Waals surface area contributed by atoms with Gasteiger partial charge in [-0.25, -0.2) is 14.4 Å². The standard InChI is InChI=1S/C21H21FN4O/c1-14(16-8-4-3-5-9-16)24-21(27)19-12-20(26-15(2)25-19)23-13-17-10-6-7-11-18(17)22/h3-12,14H,13H2,1-2H3,(H,24,27)(H,23,25,26). The quantitative estimate of drug-likeness (QED) is 0.693. The monoisotopic (exact) mass is 364 g/mol. The highest BCUT2D eigenvalue weighted by Crippen LogP contribution is 2.14. The average Bonchev–Trinajstić information content (AvgIpc) is 2.67. The van der Waals surface area contributed by atoms with Gasteiger partial charge in [0.25, 0.3) is 5.91 Å². The van der Waals surface area contributed by atoms with Crippen LogP contribution in [0.5, 0.6) is 0 Å². The van der Waals surface area contributed by atoms with Crippen molar-refractivity contribution < 1.29 is 9.18 Å². The van der Waals surface area contributed by atoms with E-state index in [1.165, 1.54) is 6.07 Å². The minimum atomic E-state index is -0.287. The Hall–Kier alpha value is -3.28. The minimum absolute atomic E-state index is 0.149. The third kappa shape index (κ3) is 4.88. The van der Waals surface area contributed by atoms with Crippen molar-refractivity contribution in [1.82, 2.24) is 15.3 Å². The number of halogens is 1. The van der Waals surface area contributed by atoms with Crippen LogP contribution in [0.15, 0.2) is 60.7 Å². The molecule has 0 aliphatic heterocycles. The van der Waals surface area contributed by atoms with Crippen LogP contribution >= 0.6 is 0 Å². The molecule has 0 saturated carbocycles. The Balaban J connectivity index is 1.71. The molecule has 0 aliphatic carbocycles. The van der Waals surface area contributed by atoms with Crippen molar-refractivity contribution in [2.45, 2.75) is 26.4 Å². The molecule has 0 radical (unpaired) electrons. The number of carbonyl (C=O) groups is 1. The second-order valence-electron chi connectivity index (χ2n) is 6.24. The Kier molecular flexibility index (Phi) is 5.76. The van der Waals surface area contributed by atoms with E-state index in [0.717, 1.165) is 5.56 Å². The van der Waals surface area contributed by atoms with Gasteiger partial charge in [0.2, 0.25) is 0 Å². The third-order valence-corrected chi connectivity index (χ3v) is 4.14. The van der Waals surface area contributed by atoms with Crippen LogP contribution in [0.25, 0.3) is 0 Å². The summed E-state index contributed by atoms with van der Waals surface area (Å²) in [4.78, 5) is 21.1. The molecule has 3 aromatic rings. The van der Waals surface area contributed by atoms with E-state index in [1.807, 2.05) is 37.3 Å². The molecule has 6 heteroatoms. The van der Waals surface area contributed by atoms with E-state index in [2.05, 4.69) is 20.6 Å². The van der Waals surface area contributed by atoms with Gasteiger partial charge in [-0.2, -0.15) is 0 Å². The van der Waals surface area contributed by atoms with Gasteiger partial charge in [0.1, 0.15) is 23.2 Å². The summed E-state index contributed by atoms with van der Waals surface area (Å²) in [6, 6.07) is 17.6. The lowest BCUT2D eigenvalue weighted by Crippen LogP contribution is -2.28. The van der Waals surface area contributed by atoms with E-state index in [1.54, 1.807) is 31.2 Å². The first-order chi connectivity index (χ1) is 13.0. The Morgan fingerprint density at radius 3 is 2.52 bits per heavy atom. The third-order valence-electron chi connectivity index (χ3n) is 4.14. The van der Waals surface area contributed by atoms with E-state index in [-0.39, 0.29) is 30.0 Å². The average molecular weight is 364 g/mol. The fourth-order valence-corrected chi connectivity index (χ4v) is 2.70. The first kappa shape index (κ1) is 18.5. The fourth-order valence-electron chi connectivity index (χ4n) is 2.70. The topological polar surface area (TPSA) is 66.9 Å². The van der Waals surface area contributed by atoms with E-state index >= 15 is 0 Å². The van der Waals surface area contributed by atoms with E-state index in [9.17, 15) is 9.18 Å². The number of benzene rings is 2. The van der Waals surface area contributed by atoms with Crippen molar-refractivity contribution >= 4 is 11.7 Å². The normalized spacial score (nSPS) is 11.7. The van der Waals surface area contributed by atoms with Crippen LogP contribution < -0.4 is 10.6 Å². The van der Waals surface area contributed by atoms with E-state index in [0.29, 0.717) is 17.2 Å². The summed E-state index contributed by atoms with van der Waals surface area (Å²) in [6.45, 7) is 3.90. The minimum Gasteiger partial charge on any atom is -0.366 e. The molecule has 5 nitrogen and oxygen atoms in total. The number of hydrogen-bond acceptors (Lipinski definition) is 4. The van der Waals surface area contributed by atoms with Crippen LogP contribution in [0.1, 0.15) is 40.4 Å². The second kappa shape index (κ2) is 8.40. The maximum absolute atomic E-state index is 13.7. The Morgan fingerprint density at radius 1 is 1.07 bits per heavy atom. The molecular weight excluding hydrogens is 343 g/mol. The van der Waals surface area contributed by atoms with Crippen LogP contribution in [0.3, 0.4) is 0 Å². The molecule has 1 atom stereocenters. The molecule has 27 heavy (non-hydrogen) atoms. The van der Waals surface area contributed by atoms with Gasteiger partial charge in [0.05, 0.1) is 6.04 Å². The van der Waals surface area contributed by atoms with Crippen LogP contribution in [0.2, 0.25) is 0 Å². The van der Waals surface area contributed by atoms with Crippen molar-refractivity contribution in [2.75, 3.05) is 5.32 Å². The summed E-state index contributed by atoms with van der Waals surface area (Å²) in [5, 5.41) is 5.98. The second-order valence-corrected chi connectivity index (χ2v) is 6.24. The van der Waals surface area contributed by atoms with Crippen molar-refractivity contribution in [3.8, 4) is 0 Å². The molecule has 1 aromatic heterocycles. The summed E-state index contributed by atoms with van der Waals surface area (Å²) in [5.41, 5.74) is 1.80. The van der Waals surface area contributed by atoms with Crippen molar-refractivity contribution in [1.29, 1.82) is 0 Å². The molecule has 0 fully saturated rings. The molecule has 0 saturated heterocycles. The largest absolute Gasteiger partial charge is 0.366 e. The Bertz CT molecular complexity index is 930. The molecule has 0 aliphatic rings. The Labute approximate surface area is 157 Å². The molecule has 138 valence electrons. The molecular formula is C21H21FN4O. The van der Waals surface area contributed by atoms with Crippen LogP contribution in [-0.4, -0.2) is 15.9 Å². The molecule has 2 N–H and O–H groups in total. The number of aryl methyl sites for hydroxylation is 1. The molecule has 1 unspecified atom stereocenters. The zero-order valence-corrected chi connectivity index (χ0v) is 15.2. The maximum atomic E-state index is 13.7. The summed E-state index contributed by atoms with van der Waals surface area (Å²) < 4.78 is 13.7. The molecule has 0 spiro atoms. The van der Waals surface area contributed by atoms with Gasteiger partial charge in [-0.15, -0.1) is 0 Å². The lowest BCUT2D eigenvalue weighted by molar-refractivity contribution is 0.0934. The van der Waals surface area contributed by atoms with Gasteiger partial charge >= 0.3 is 0 Å². The highest BCUT2D eigenvalue weighted by molar-refractivity contribution is 5.93. The molecule has 1 heterocycles. The summed E-state index contributed by atoms with van der Waals surface area (Å²) >= 11 is 0. The van der Waals surface area contributed by atoms with Crippen molar-refractivity contribution in [3.63, 3.8) is 0 Å². The number of carbonyl (C=O) groups excluding carboxylic acids is 1. The summed E-state index contributed by atoms with van der Waals surface area (Å²) in [6.07, 6.45) is 0. The molecule has 0 bridgehead atoms. The fraction of sp³-hybridized carbons (Fsp3) is 0.190. The smallest absolute Gasteiger partial charge is 0.270 e. The predicted molar refractivity (Wildman–Crippen MR) is 103 cm³/mol. The predicted octanol–water partition coefficient (Wildman–Crippen LogP) is 4.03. The summed E-state index contributed by atoms with van der Waals surface area (Å²) in [7, 11) is 0. The van der Waals surface area contributed by atoms with E-state index in [4.69, 9.17) is 0 Å². The van der Waals surface area contributed by atoms with E-state index < -0.39 is 0 Å². The highest BCUT2D eigenvalue weighted by atomic mass is 19.1. The maximum Gasteiger partial charge on any atom is 0.270 e. The van der Waals surface area contributed by atoms with Gasteiger partial charge in [0.15, 0.2) is 0 Å². The zero-order chi connectivity index (χ0) is 19.2. The number of nitrogens with one attached hydrogen (secondary N) is 2.